The van der Waals surface area contributed by atoms with Crippen LogP contribution in [0, 0.1) is 10.1 Å². The SMILES string of the molecule is C=CC(Oc1ccc([N+](=O)[O-])cc1Cl)C(=O)OC. The Bertz CT molecular complexity index is 488. The maximum Gasteiger partial charge on any atom is 0.351 e. The quantitative estimate of drug-likeness (QED) is 0.355. The number of hydrogen-bond donors (Lipinski definition) is 0. The third-order valence-electron chi connectivity index (χ3n) is 2.03. The van der Waals surface area contributed by atoms with Gasteiger partial charge in [0.05, 0.1) is 17.1 Å². The number of nitro benzene ring substituents is 1. The van der Waals surface area contributed by atoms with E-state index < -0.39 is 17.0 Å². The average molecular weight is 272 g/mol. The lowest BCUT2D eigenvalue weighted by atomic mass is 10.3. The first-order chi connectivity index (χ1) is 8.49. The van der Waals surface area contributed by atoms with E-state index in [0.717, 1.165) is 6.07 Å². The molecule has 0 saturated heterocycles. The van der Waals surface area contributed by atoms with Crippen molar-refractivity contribution in [3.8, 4) is 5.75 Å². The molecule has 1 unspecified atom stereocenters. The van der Waals surface area contributed by atoms with Crippen LogP contribution in [0.15, 0.2) is 30.9 Å². The molecule has 0 aliphatic heterocycles. The third-order valence-corrected chi connectivity index (χ3v) is 2.32. The van der Waals surface area contributed by atoms with E-state index >= 15 is 0 Å². The molecule has 0 aliphatic carbocycles. The highest BCUT2D eigenvalue weighted by atomic mass is 35.5. The number of carbonyl (C=O) groups is 1. The minimum absolute atomic E-state index is 0.0277. The Hall–Kier alpha value is -2.08. The van der Waals surface area contributed by atoms with E-state index in [0.29, 0.717) is 0 Å². The maximum atomic E-state index is 11.3. The van der Waals surface area contributed by atoms with Crippen molar-refractivity contribution in [2.45, 2.75) is 6.10 Å². The van der Waals surface area contributed by atoms with Gasteiger partial charge in [-0.1, -0.05) is 18.2 Å². The van der Waals surface area contributed by atoms with Crippen molar-refractivity contribution in [3.63, 3.8) is 0 Å². The summed E-state index contributed by atoms with van der Waals surface area (Å²) in [5.74, 6) is -0.503. The molecule has 96 valence electrons. The maximum absolute atomic E-state index is 11.3. The molecule has 0 amide bonds. The summed E-state index contributed by atoms with van der Waals surface area (Å²) in [4.78, 5) is 21.2. The van der Waals surface area contributed by atoms with Crippen LogP contribution in [0.1, 0.15) is 0 Å². The molecule has 0 N–H and O–H groups in total. The number of halogens is 1. The number of ether oxygens (including phenoxy) is 2. The summed E-state index contributed by atoms with van der Waals surface area (Å²) in [7, 11) is 1.21. The average Bonchev–Trinajstić information content (AvgIpc) is 2.36. The van der Waals surface area contributed by atoms with E-state index in [2.05, 4.69) is 11.3 Å². The number of carbonyl (C=O) groups excluding carboxylic acids is 1. The first-order valence-corrected chi connectivity index (χ1v) is 5.18. The Kier molecular flexibility index (Phi) is 4.67. The Labute approximate surface area is 108 Å². The van der Waals surface area contributed by atoms with Gasteiger partial charge >= 0.3 is 5.97 Å². The molecule has 1 aromatic carbocycles. The lowest BCUT2D eigenvalue weighted by molar-refractivity contribution is -0.384. The number of benzene rings is 1. The fourth-order valence-corrected chi connectivity index (χ4v) is 1.36. The van der Waals surface area contributed by atoms with Gasteiger partial charge in [-0.15, -0.1) is 0 Å². The fourth-order valence-electron chi connectivity index (χ4n) is 1.14. The Morgan fingerprint density at radius 3 is 2.72 bits per heavy atom. The summed E-state index contributed by atoms with van der Waals surface area (Å²) in [6.07, 6.45) is 0.220. The zero-order valence-electron chi connectivity index (χ0n) is 9.46. The zero-order valence-corrected chi connectivity index (χ0v) is 10.2. The van der Waals surface area contributed by atoms with Crippen LogP contribution >= 0.6 is 11.6 Å². The normalized spacial score (nSPS) is 11.4. The van der Waals surface area contributed by atoms with E-state index in [-0.39, 0.29) is 16.5 Å². The van der Waals surface area contributed by atoms with Crippen LogP contribution in [0.4, 0.5) is 5.69 Å². The topological polar surface area (TPSA) is 78.7 Å². The van der Waals surface area contributed by atoms with Crippen LogP contribution in [0.3, 0.4) is 0 Å². The van der Waals surface area contributed by atoms with Crippen LogP contribution < -0.4 is 4.74 Å². The van der Waals surface area contributed by atoms with Crippen LogP contribution in [0.5, 0.6) is 5.75 Å². The van der Waals surface area contributed by atoms with Gasteiger partial charge in [-0.05, 0) is 12.1 Å². The number of rotatable bonds is 5. The number of non-ortho nitro benzene ring substituents is 1. The Morgan fingerprint density at radius 1 is 1.61 bits per heavy atom. The van der Waals surface area contributed by atoms with Crippen LogP contribution in [-0.2, 0) is 9.53 Å². The minimum atomic E-state index is -1.02. The van der Waals surface area contributed by atoms with Gasteiger partial charge in [0.1, 0.15) is 5.75 Å². The molecule has 0 aromatic heterocycles. The predicted octanol–water partition coefficient (Wildman–Crippen LogP) is 2.35. The number of nitrogens with zero attached hydrogens (tertiary/aromatic N) is 1. The summed E-state index contributed by atoms with van der Waals surface area (Å²) in [5, 5.41) is 10.5. The summed E-state index contributed by atoms with van der Waals surface area (Å²) < 4.78 is 9.73. The van der Waals surface area contributed by atoms with Crippen molar-refractivity contribution < 1.29 is 19.2 Å². The summed E-state index contributed by atoms with van der Waals surface area (Å²) >= 11 is 5.81. The van der Waals surface area contributed by atoms with E-state index in [9.17, 15) is 14.9 Å². The first-order valence-electron chi connectivity index (χ1n) is 4.80. The second-order valence-corrected chi connectivity index (χ2v) is 3.58. The molecule has 6 nitrogen and oxygen atoms in total. The minimum Gasteiger partial charge on any atom is -0.473 e. The first kappa shape index (κ1) is 14.0. The van der Waals surface area contributed by atoms with Gasteiger partial charge in [0.15, 0.2) is 0 Å². The summed E-state index contributed by atoms with van der Waals surface area (Å²) in [6.45, 7) is 3.42. The molecular formula is C11H10ClNO5. The van der Waals surface area contributed by atoms with E-state index in [1.807, 2.05) is 0 Å². The van der Waals surface area contributed by atoms with E-state index in [1.165, 1.54) is 25.3 Å². The molecular weight excluding hydrogens is 262 g/mol. The summed E-state index contributed by atoms with van der Waals surface area (Å²) in [6, 6.07) is 3.66. The number of methoxy groups -OCH3 is 1. The van der Waals surface area contributed by atoms with Gasteiger partial charge in [-0.25, -0.2) is 4.79 Å². The monoisotopic (exact) mass is 271 g/mol. The lowest BCUT2D eigenvalue weighted by Crippen LogP contribution is -2.26. The van der Waals surface area contributed by atoms with E-state index in [4.69, 9.17) is 16.3 Å². The molecule has 0 saturated carbocycles. The van der Waals surface area contributed by atoms with Gasteiger partial charge in [0.25, 0.3) is 5.69 Å². The third kappa shape index (κ3) is 3.21. The van der Waals surface area contributed by atoms with Gasteiger partial charge in [-0.2, -0.15) is 0 Å². The van der Waals surface area contributed by atoms with Crippen LogP contribution in [0.2, 0.25) is 5.02 Å². The van der Waals surface area contributed by atoms with Gasteiger partial charge in [0.2, 0.25) is 6.10 Å². The molecule has 0 radical (unpaired) electrons. The highest BCUT2D eigenvalue weighted by molar-refractivity contribution is 6.32. The Morgan fingerprint density at radius 2 is 2.28 bits per heavy atom. The molecule has 18 heavy (non-hydrogen) atoms. The van der Waals surface area contributed by atoms with Crippen molar-refractivity contribution >= 4 is 23.3 Å². The van der Waals surface area contributed by atoms with Crippen LogP contribution in [-0.4, -0.2) is 24.1 Å². The van der Waals surface area contributed by atoms with Crippen LogP contribution in [0.25, 0.3) is 0 Å². The standard InChI is InChI=1S/C11H10ClNO5/c1-3-9(11(14)17-2)18-10-5-4-7(13(15)16)6-8(10)12/h3-6,9H,1H2,2H3. The van der Waals surface area contributed by atoms with Gasteiger partial charge in [0, 0.05) is 12.1 Å². The fraction of sp³-hybridized carbons (Fsp3) is 0.182. The smallest absolute Gasteiger partial charge is 0.351 e. The van der Waals surface area contributed by atoms with Crippen molar-refractivity contribution in [2.24, 2.45) is 0 Å². The van der Waals surface area contributed by atoms with Crippen molar-refractivity contribution in [3.05, 3.63) is 46.0 Å². The Balaban J connectivity index is 2.94. The highest BCUT2D eigenvalue weighted by Gasteiger charge is 2.19. The lowest BCUT2D eigenvalue weighted by Gasteiger charge is -2.13. The van der Waals surface area contributed by atoms with Crippen molar-refractivity contribution in [1.82, 2.24) is 0 Å². The largest absolute Gasteiger partial charge is 0.473 e. The summed E-state index contributed by atoms with van der Waals surface area (Å²) in [5.41, 5.74) is -0.166. The molecule has 0 heterocycles. The number of hydrogen-bond acceptors (Lipinski definition) is 5. The zero-order chi connectivity index (χ0) is 13.7. The van der Waals surface area contributed by atoms with E-state index in [1.54, 1.807) is 0 Å². The molecule has 0 bridgehead atoms. The molecule has 1 atom stereocenters. The number of nitro groups is 1. The molecule has 0 spiro atoms. The van der Waals surface area contributed by atoms with Gasteiger partial charge in [-0.3, -0.25) is 10.1 Å². The highest BCUT2D eigenvalue weighted by Crippen LogP contribution is 2.29. The predicted molar refractivity (Wildman–Crippen MR) is 64.7 cm³/mol. The second-order valence-electron chi connectivity index (χ2n) is 3.17. The molecule has 1 rings (SSSR count). The van der Waals surface area contributed by atoms with Gasteiger partial charge < -0.3 is 9.47 Å². The number of esters is 1. The molecule has 1 aromatic rings. The molecule has 0 fully saturated rings. The second kappa shape index (κ2) is 6.02. The van der Waals surface area contributed by atoms with Crippen molar-refractivity contribution in [1.29, 1.82) is 0 Å². The van der Waals surface area contributed by atoms with Crippen molar-refractivity contribution in [2.75, 3.05) is 7.11 Å². The molecule has 0 aliphatic rings. The molecule has 7 heteroatoms.